The molecule has 0 spiro atoms. The number of hydrogen-bond acceptors (Lipinski definition) is 4. The lowest BCUT2D eigenvalue weighted by Crippen LogP contribution is -2.07. The van der Waals surface area contributed by atoms with Crippen LogP contribution in [-0.2, 0) is 11.2 Å². The van der Waals surface area contributed by atoms with Crippen LogP contribution in [0.5, 0.6) is 5.75 Å². The molecule has 0 saturated carbocycles. The average Bonchev–Trinajstić information content (AvgIpc) is 2.79. The number of aryl methyl sites for hydroxylation is 1. The summed E-state index contributed by atoms with van der Waals surface area (Å²) in [6, 6.07) is 8.57. The smallest absolute Gasteiger partial charge is 0.159 e. The molecule has 0 bridgehead atoms. The Bertz CT molecular complexity index is 685. The average molecular weight is 427 g/mol. The Kier molecular flexibility index (Phi) is 12.9. The molecular formula is C27H42N2O2. The molecule has 1 aromatic carbocycles. The van der Waals surface area contributed by atoms with Gasteiger partial charge < -0.3 is 9.47 Å². The van der Waals surface area contributed by atoms with Crippen molar-refractivity contribution in [1.82, 2.24) is 9.97 Å². The lowest BCUT2D eigenvalue weighted by atomic mass is 10.0. The van der Waals surface area contributed by atoms with E-state index in [1.807, 2.05) is 6.92 Å². The van der Waals surface area contributed by atoms with E-state index in [0.29, 0.717) is 6.10 Å². The largest absolute Gasteiger partial charge is 0.490 e. The van der Waals surface area contributed by atoms with E-state index in [1.54, 1.807) is 12.4 Å². The highest BCUT2D eigenvalue weighted by Gasteiger charge is 2.04. The summed E-state index contributed by atoms with van der Waals surface area (Å²) < 4.78 is 11.4. The van der Waals surface area contributed by atoms with Gasteiger partial charge in [-0.2, -0.15) is 0 Å². The molecule has 1 unspecified atom stereocenters. The third-order valence-electron chi connectivity index (χ3n) is 5.63. The predicted octanol–water partition coefficient (Wildman–Crippen LogP) is 7.41. The molecule has 0 aliphatic heterocycles. The Morgan fingerprint density at radius 1 is 0.806 bits per heavy atom. The number of aromatic nitrogens is 2. The van der Waals surface area contributed by atoms with Gasteiger partial charge in [0.05, 0.1) is 25.1 Å². The van der Waals surface area contributed by atoms with Crippen LogP contribution in [0.1, 0.15) is 90.5 Å². The first-order valence-electron chi connectivity index (χ1n) is 12.4. The molecule has 4 heteroatoms. The van der Waals surface area contributed by atoms with Crippen LogP contribution in [0.25, 0.3) is 11.4 Å². The highest BCUT2D eigenvalue weighted by molar-refractivity contribution is 5.55. The maximum Gasteiger partial charge on any atom is 0.159 e. The van der Waals surface area contributed by atoms with Crippen molar-refractivity contribution >= 4 is 0 Å². The van der Waals surface area contributed by atoms with Crippen LogP contribution in [0.3, 0.4) is 0 Å². The molecule has 1 aromatic heterocycles. The van der Waals surface area contributed by atoms with Gasteiger partial charge in [0, 0.05) is 12.2 Å². The van der Waals surface area contributed by atoms with E-state index in [2.05, 4.69) is 48.1 Å². The second-order valence-electron chi connectivity index (χ2n) is 8.42. The van der Waals surface area contributed by atoms with Gasteiger partial charge in [0.2, 0.25) is 0 Å². The van der Waals surface area contributed by atoms with Crippen LogP contribution in [0.15, 0.2) is 36.7 Å². The fraction of sp³-hybridized carbons (Fsp3) is 0.630. The Morgan fingerprint density at radius 3 is 2.10 bits per heavy atom. The second-order valence-corrected chi connectivity index (χ2v) is 8.42. The molecule has 2 aromatic rings. The fourth-order valence-electron chi connectivity index (χ4n) is 3.75. The zero-order valence-corrected chi connectivity index (χ0v) is 19.9. The number of rotatable bonds is 17. The minimum atomic E-state index is 0.342. The van der Waals surface area contributed by atoms with Crippen molar-refractivity contribution in [3.8, 4) is 17.1 Å². The lowest BCUT2D eigenvalue weighted by molar-refractivity contribution is 0.0690. The van der Waals surface area contributed by atoms with E-state index in [9.17, 15) is 0 Å². The SMILES string of the molecule is CCCCCCCCCCOc1cnc(-c2ccc(CCCC(C)OCC)cc2)nc1. The molecule has 0 amide bonds. The molecule has 0 aliphatic carbocycles. The molecule has 0 aliphatic rings. The minimum absolute atomic E-state index is 0.342. The topological polar surface area (TPSA) is 44.2 Å². The molecule has 172 valence electrons. The number of hydrogen-bond donors (Lipinski definition) is 0. The summed E-state index contributed by atoms with van der Waals surface area (Å²) in [4.78, 5) is 8.98. The molecule has 4 nitrogen and oxygen atoms in total. The maximum atomic E-state index is 5.81. The summed E-state index contributed by atoms with van der Waals surface area (Å²) in [6.07, 6.45) is 17.7. The highest BCUT2D eigenvalue weighted by Crippen LogP contribution is 2.19. The van der Waals surface area contributed by atoms with E-state index in [4.69, 9.17) is 9.47 Å². The van der Waals surface area contributed by atoms with Crippen molar-refractivity contribution in [3.63, 3.8) is 0 Å². The van der Waals surface area contributed by atoms with Gasteiger partial charge in [-0.3, -0.25) is 0 Å². The first-order valence-corrected chi connectivity index (χ1v) is 12.4. The van der Waals surface area contributed by atoms with Gasteiger partial charge >= 0.3 is 0 Å². The van der Waals surface area contributed by atoms with Crippen molar-refractivity contribution in [2.24, 2.45) is 0 Å². The van der Waals surface area contributed by atoms with Crippen molar-refractivity contribution in [3.05, 3.63) is 42.2 Å². The normalized spacial score (nSPS) is 12.1. The standard InChI is InChI=1S/C27H42N2O2/c1-4-6-7-8-9-10-11-12-20-31-26-21-28-27(29-22-26)25-18-16-24(17-19-25)15-13-14-23(3)30-5-2/h16-19,21-23H,4-15,20H2,1-3H3. The number of unbranched alkanes of at least 4 members (excludes halogenated alkanes) is 7. The van der Waals surface area contributed by atoms with Crippen molar-refractivity contribution in [2.75, 3.05) is 13.2 Å². The van der Waals surface area contributed by atoms with Gasteiger partial charge in [0.1, 0.15) is 0 Å². The van der Waals surface area contributed by atoms with E-state index in [1.165, 1.54) is 50.5 Å². The zero-order chi connectivity index (χ0) is 22.2. The number of benzene rings is 1. The van der Waals surface area contributed by atoms with Crippen molar-refractivity contribution < 1.29 is 9.47 Å². The summed E-state index contributed by atoms with van der Waals surface area (Å²) in [7, 11) is 0. The van der Waals surface area contributed by atoms with E-state index in [-0.39, 0.29) is 0 Å². The van der Waals surface area contributed by atoms with Crippen LogP contribution in [0.2, 0.25) is 0 Å². The van der Waals surface area contributed by atoms with E-state index < -0.39 is 0 Å². The van der Waals surface area contributed by atoms with E-state index >= 15 is 0 Å². The first kappa shape index (κ1) is 25.3. The Hall–Kier alpha value is -1.94. The third kappa shape index (κ3) is 10.8. The quantitative estimate of drug-likeness (QED) is 0.247. The molecule has 0 radical (unpaired) electrons. The van der Waals surface area contributed by atoms with Gasteiger partial charge in [0.25, 0.3) is 0 Å². The zero-order valence-electron chi connectivity index (χ0n) is 19.9. The summed E-state index contributed by atoms with van der Waals surface area (Å²) >= 11 is 0. The predicted molar refractivity (Wildman–Crippen MR) is 130 cm³/mol. The van der Waals surface area contributed by atoms with Crippen LogP contribution in [-0.4, -0.2) is 29.3 Å². The number of nitrogens with zero attached hydrogens (tertiary/aromatic N) is 2. The number of ether oxygens (including phenoxy) is 2. The molecule has 1 heterocycles. The minimum Gasteiger partial charge on any atom is -0.490 e. The molecule has 0 saturated heterocycles. The molecule has 2 rings (SSSR count). The van der Waals surface area contributed by atoms with Crippen LogP contribution >= 0.6 is 0 Å². The summed E-state index contributed by atoms with van der Waals surface area (Å²) in [5.74, 6) is 1.50. The van der Waals surface area contributed by atoms with Gasteiger partial charge in [-0.15, -0.1) is 0 Å². The van der Waals surface area contributed by atoms with Crippen molar-refractivity contribution in [2.45, 2.75) is 97.5 Å². The maximum absolute atomic E-state index is 5.81. The monoisotopic (exact) mass is 426 g/mol. The van der Waals surface area contributed by atoms with E-state index in [0.717, 1.165) is 56.0 Å². The fourth-order valence-corrected chi connectivity index (χ4v) is 3.75. The van der Waals surface area contributed by atoms with Gasteiger partial charge in [-0.1, -0.05) is 76.1 Å². The second kappa shape index (κ2) is 15.8. The van der Waals surface area contributed by atoms with Gasteiger partial charge in [0.15, 0.2) is 11.6 Å². The molecule has 0 N–H and O–H groups in total. The molecule has 0 fully saturated rings. The van der Waals surface area contributed by atoms with Crippen LogP contribution in [0, 0.1) is 0 Å². The highest BCUT2D eigenvalue weighted by atomic mass is 16.5. The third-order valence-corrected chi connectivity index (χ3v) is 5.63. The van der Waals surface area contributed by atoms with Gasteiger partial charge in [-0.25, -0.2) is 9.97 Å². The summed E-state index contributed by atoms with van der Waals surface area (Å²) in [5, 5.41) is 0. The van der Waals surface area contributed by atoms with Crippen molar-refractivity contribution in [1.29, 1.82) is 0 Å². The summed E-state index contributed by atoms with van der Waals surface area (Å²) in [5.41, 5.74) is 2.39. The molecule has 31 heavy (non-hydrogen) atoms. The van der Waals surface area contributed by atoms with Crippen LogP contribution in [0.4, 0.5) is 0 Å². The Balaban J connectivity index is 1.65. The van der Waals surface area contributed by atoms with Gasteiger partial charge in [-0.05, 0) is 45.1 Å². The molecular weight excluding hydrogens is 384 g/mol. The summed E-state index contributed by atoms with van der Waals surface area (Å²) in [6.45, 7) is 7.99. The first-order chi connectivity index (χ1) is 15.2. The Morgan fingerprint density at radius 2 is 1.45 bits per heavy atom. The Labute approximate surface area is 189 Å². The van der Waals surface area contributed by atoms with Crippen LogP contribution < -0.4 is 4.74 Å². The molecule has 1 atom stereocenters. The lowest BCUT2D eigenvalue weighted by Gasteiger charge is -2.11.